The molecule has 0 radical (unpaired) electrons. The summed E-state index contributed by atoms with van der Waals surface area (Å²) in [5.41, 5.74) is 2.90. The normalized spacial score (nSPS) is 19.1. The molecule has 2 aliphatic heterocycles. The molecule has 1 saturated heterocycles. The largest absolute Gasteiger partial charge is 0.501 e. The topological polar surface area (TPSA) is 184 Å². The molecule has 5 rings (SSSR count). The van der Waals surface area contributed by atoms with Gasteiger partial charge in [-0.15, -0.1) is 11.8 Å². The first-order valence-corrected chi connectivity index (χ1v) is 13.4. The average Bonchev–Trinajstić information content (AvgIpc) is 3.42. The Hall–Kier alpha value is -3.86. The summed E-state index contributed by atoms with van der Waals surface area (Å²) in [5.74, 6) is -2.21. The van der Waals surface area contributed by atoms with Crippen molar-refractivity contribution >= 4 is 23.5 Å². The lowest BCUT2D eigenvalue weighted by molar-refractivity contribution is -0.0566. The van der Waals surface area contributed by atoms with Gasteiger partial charge in [-0.25, -0.2) is 18.6 Å². The molecule has 0 spiro atoms. The molecule has 13 nitrogen and oxygen atoms in total. The summed E-state index contributed by atoms with van der Waals surface area (Å²) in [4.78, 5) is 43.6. The minimum atomic E-state index is -0.850. The summed E-state index contributed by atoms with van der Waals surface area (Å²) in [6.45, 7) is 4.01. The van der Waals surface area contributed by atoms with Gasteiger partial charge in [0.1, 0.15) is 28.9 Å². The van der Waals surface area contributed by atoms with E-state index >= 15 is 0 Å². The van der Waals surface area contributed by atoms with E-state index in [-0.39, 0.29) is 37.0 Å². The molecule has 2 aromatic heterocycles. The van der Waals surface area contributed by atoms with E-state index < -0.39 is 51.8 Å². The zero-order chi connectivity index (χ0) is 29.9. The number of halogens is 2. The van der Waals surface area contributed by atoms with Gasteiger partial charge in [-0.05, 0) is 31.5 Å². The van der Waals surface area contributed by atoms with E-state index in [1.165, 1.54) is 40.6 Å². The van der Waals surface area contributed by atoms with E-state index in [2.05, 4.69) is 15.3 Å². The van der Waals surface area contributed by atoms with Gasteiger partial charge in [0.2, 0.25) is 5.75 Å². The first-order chi connectivity index (χ1) is 19.4. The summed E-state index contributed by atoms with van der Waals surface area (Å²) >= 11 is 1.35. The summed E-state index contributed by atoms with van der Waals surface area (Å²) in [6.07, 6.45) is 0.354. The second kappa shape index (κ2) is 12.3. The number of nitrogens with zero attached hydrogens (tertiary/aromatic N) is 4. The van der Waals surface area contributed by atoms with Gasteiger partial charge < -0.3 is 30.7 Å². The van der Waals surface area contributed by atoms with Crippen molar-refractivity contribution in [2.75, 3.05) is 24.7 Å². The lowest BCUT2D eigenvalue weighted by Crippen LogP contribution is -2.42. The SMILES string of the molecule is CC1(C)OCCn2c1nc(C(=O)NCc1ccc(F)cc1)c(O)c2=O.Nc1nc(=O)n([C@@H]2CS[C@H](CO)O2)cc1F. The molecule has 1 fully saturated rings. The van der Waals surface area contributed by atoms with E-state index in [9.17, 15) is 28.3 Å². The van der Waals surface area contributed by atoms with Crippen molar-refractivity contribution in [3.05, 3.63) is 80.0 Å². The fourth-order valence-corrected chi connectivity index (χ4v) is 4.97. The predicted molar refractivity (Wildman–Crippen MR) is 143 cm³/mol. The molecule has 2 atom stereocenters. The molecule has 3 aromatic rings. The number of aliphatic hydroxyl groups excluding tert-OH is 1. The van der Waals surface area contributed by atoms with Gasteiger partial charge in [-0.1, -0.05) is 12.1 Å². The number of thioether (sulfide) groups is 1. The van der Waals surface area contributed by atoms with E-state index in [0.717, 1.165) is 10.8 Å². The van der Waals surface area contributed by atoms with Crippen LogP contribution in [0.4, 0.5) is 14.6 Å². The Morgan fingerprint density at radius 1 is 1.24 bits per heavy atom. The number of nitrogens with one attached hydrogen (secondary N) is 1. The van der Waals surface area contributed by atoms with Crippen molar-refractivity contribution in [2.24, 2.45) is 0 Å². The maximum absolute atomic E-state index is 13.1. The number of carbonyl (C=O) groups is 1. The number of amides is 1. The van der Waals surface area contributed by atoms with Crippen molar-refractivity contribution in [1.29, 1.82) is 0 Å². The molecule has 4 heterocycles. The Morgan fingerprint density at radius 2 is 1.95 bits per heavy atom. The number of anilines is 1. The predicted octanol–water partition coefficient (Wildman–Crippen LogP) is 0.828. The van der Waals surface area contributed by atoms with E-state index in [1.54, 1.807) is 13.8 Å². The zero-order valence-electron chi connectivity index (χ0n) is 22.0. The van der Waals surface area contributed by atoms with Crippen LogP contribution < -0.4 is 22.3 Å². The third-order valence-corrected chi connectivity index (χ3v) is 7.28. The molecule has 0 bridgehead atoms. The van der Waals surface area contributed by atoms with Gasteiger partial charge in [-0.2, -0.15) is 4.98 Å². The Balaban J connectivity index is 0.000000208. The average molecular weight is 595 g/mol. The van der Waals surface area contributed by atoms with Crippen LogP contribution in [0.15, 0.2) is 40.1 Å². The fraction of sp³-hybridized carbons (Fsp3) is 0.400. The monoisotopic (exact) mass is 594 g/mol. The molecule has 16 heteroatoms. The quantitative estimate of drug-likeness (QED) is 0.328. The lowest BCUT2D eigenvalue weighted by Gasteiger charge is -2.32. The maximum Gasteiger partial charge on any atom is 0.351 e. The number of carbonyl (C=O) groups excluding carboxylic acids is 1. The lowest BCUT2D eigenvalue weighted by atomic mass is 10.1. The van der Waals surface area contributed by atoms with Crippen LogP contribution in [-0.2, 0) is 28.2 Å². The molecule has 0 unspecified atom stereocenters. The minimum absolute atomic E-state index is 0.110. The number of hydrogen-bond acceptors (Lipinski definition) is 11. The number of aromatic nitrogens is 4. The first-order valence-electron chi connectivity index (χ1n) is 12.3. The van der Waals surface area contributed by atoms with Gasteiger partial charge in [-0.3, -0.25) is 18.7 Å². The van der Waals surface area contributed by atoms with Crippen molar-refractivity contribution in [3.8, 4) is 5.75 Å². The third-order valence-electron chi connectivity index (χ3n) is 6.17. The minimum Gasteiger partial charge on any atom is -0.501 e. The van der Waals surface area contributed by atoms with Crippen molar-refractivity contribution in [1.82, 2.24) is 24.4 Å². The molecule has 41 heavy (non-hydrogen) atoms. The van der Waals surface area contributed by atoms with Crippen LogP contribution in [0.3, 0.4) is 0 Å². The van der Waals surface area contributed by atoms with Gasteiger partial charge in [0.25, 0.3) is 11.5 Å². The van der Waals surface area contributed by atoms with Gasteiger partial charge >= 0.3 is 5.69 Å². The Kier molecular flexibility index (Phi) is 9.06. The van der Waals surface area contributed by atoms with E-state index in [4.69, 9.17) is 20.3 Å². The van der Waals surface area contributed by atoms with Crippen molar-refractivity contribution < 1.29 is 33.3 Å². The summed E-state index contributed by atoms with van der Waals surface area (Å²) in [7, 11) is 0. The second-order valence-corrected chi connectivity index (χ2v) is 10.6. The van der Waals surface area contributed by atoms with Crippen LogP contribution >= 0.6 is 11.8 Å². The number of fused-ring (bicyclic) bond motifs is 1. The third kappa shape index (κ3) is 6.73. The molecule has 0 aliphatic carbocycles. The fourth-order valence-electron chi connectivity index (χ4n) is 4.04. The van der Waals surface area contributed by atoms with Crippen LogP contribution in [0.25, 0.3) is 0 Å². The summed E-state index contributed by atoms with van der Waals surface area (Å²) < 4.78 is 39.3. The highest BCUT2D eigenvalue weighted by atomic mass is 32.2. The van der Waals surface area contributed by atoms with Crippen molar-refractivity contribution in [2.45, 2.75) is 44.2 Å². The number of hydrogen-bond donors (Lipinski definition) is 4. The van der Waals surface area contributed by atoms with Gasteiger partial charge in [0, 0.05) is 12.3 Å². The number of nitrogens with two attached hydrogens (primary N) is 1. The number of aromatic hydroxyl groups is 1. The number of aliphatic hydroxyl groups is 1. The first kappa shape index (κ1) is 30.1. The number of nitrogen functional groups attached to an aromatic ring is 1. The van der Waals surface area contributed by atoms with Crippen LogP contribution in [0.2, 0.25) is 0 Å². The smallest absolute Gasteiger partial charge is 0.351 e. The zero-order valence-corrected chi connectivity index (χ0v) is 22.9. The highest BCUT2D eigenvalue weighted by Crippen LogP contribution is 2.30. The van der Waals surface area contributed by atoms with E-state index in [1.807, 2.05) is 0 Å². The van der Waals surface area contributed by atoms with Crippen LogP contribution in [-0.4, -0.2) is 59.6 Å². The van der Waals surface area contributed by atoms with Gasteiger partial charge in [0.15, 0.2) is 17.3 Å². The number of rotatable bonds is 5. The molecule has 0 saturated carbocycles. The van der Waals surface area contributed by atoms with Crippen LogP contribution in [0.1, 0.15) is 42.0 Å². The van der Waals surface area contributed by atoms with Gasteiger partial charge in [0.05, 0.1) is 26.0 Å². The Labute approximate surface area is 235 Å². The van der Waals surface area contributed by atoms with Crippen LogP contribution in [0, 0.1) is 11.6 Å². The standard InChI is InChI=1S/C17H18FN3O4.C8H10FN3O3S/c1-17(2)16-20-12(13(22)15(24)21(16)7-8-25-17)14(23)19-9-10-3-5-11(18)6-4-10;9-4-1-12(8(14)11-7(4)10)5-3-16-6(2-13)15-5/h3-6,22H,7-9H2,1-2H3,(H,19,23);1,5-6,13H,2-3H2,(H2,10,11,14)/t;5-,6+/m.0/s1. The molecular weight excluding hydrogens is 566 g/mol. The number of benzene rings is 1. The van der Waals surface area contributed by atoms with Crippen molar-refractivity contribution in [3.63, 3.8) is 0 Å². The second-order valence-electron chi connectivity index (χ2n) is 9.46. The Morgan fingerprint density at radius 3 is 2.61 bits per heavy atom. The van der Waals surface area contributed by atoms with Crippen LogP contribution in [0.5, 0.6) is 5.75 Å². The molecule has 2 aliphatic rings. The van der Waals surface area contributed by atoms with E-state index in [0.29, 0.717) is 17.9 Å². The highest BCUT2D eigenvalue weighted by molar-refractivity contribution is 8.00. The summed E-state index contributed by atoms with van der Waals surface area (Å²) in [6, 6.07) is 5.62. The number of ether oxygens (including phenoxy) is 2. The Bertz CT molecular complexity index is 1550. The molecule has 1 amide bonds. The highest BCUT2D eigenvalue weighted by Gasteiger charge is 2.34. The molecular formula is C25H28F2N6O7S. The summed E-state index contributed by atoms with van der Waals surface area (Å²) in [5, 5.41) is 21.5. The molecule has 5 N–H and O–H groups in total. The maximum atomic E-state index is 13.1. The molecule has 1 aromatic carbocycles. The molecule has 220 valence electrons.